The highest BCUT2D eigenvalue weighted by Gasteiger charge is 2.43. The van der Waals surface area contributed by atoms with E-state index in [1.807, 2.05) is 81.4 Å². The number of hydrogen-bond acceptors (Lipinski definition) is 4. The molecule has 0 radical (unpaired) electrons. The van der Waals surface area contributed by atoms with Crippen LogP contribution in [0.15, 0.2) is 59.9 Å². The summed E-state index contributed by atoms with van der Waals surface area (Å²) in [4.78, 5) is 29.6. The predicted molar refractivity (Wildman–Crippen MR) is 124 cm³/mol. The second-order valence-electron chi connectivity index (χ2n) is 8.55. The van der Waals surface area contributed by atoms with E-state index < -0.39 is 17.7 Å². The lowest BCUT2D eigenvalue weighted by Crippen LogP contribution is -2.33. The number of Topliss-reactive ketones (excluding diaryl/α,β-unsaturated/α-hetero) is 1. The van der Waals surface area contributed by atoms with Crippen molar-refractivity contribution >= 4 is 29.0 Å². The van der Waals surface area contributed by atoms with Gasteiger partial charge in [-0.05, 0) is 47.7 Å². The summed E-state index contributed by atoms with van der Waals surface area (Å²) in [7, 11) is 3.91. The number of benzene rings is 2. The summed E-state index contributed by atoms with van der Waals surface area (Å²) in [5, 5.41) is 11.3. The molecule has 164 valence electrons. The van der Waals surface area contributed by atoms with Crippen molar-refractivity contribution in [2.45, 2.75) is 32.7 Å². The Bertz CT molecular complexity index is 979. The van der Waals surface area contributed by atoms with Crippen LogP contribution >= 0.6 is 11.6 Å². The van der Waals surface area contributed by atoms with Crippen LogP contribution in [-0.2, 0) is 16.0 Å². The Morgan fingerprint density at radius 1 is 1.10 bits per heavy atom. The number of aliphatic hydroxyl groups is 1. The average molecular weight is 441 g/mol. The molecule has 2 aromatic carbocycles. The van der Waals surface area contributed by atoms with Gasteiger partial charge in [0.2, 0.25) is 0 Å². The van der Waals surface area contributed by atoms with Gasteiger partial charge in [-0.1, -0.05) is 49.7 Å². The number of carbonyl (C=O) groups excluding carboxylic acids is 2. The first kappa shape index (κ1) is 22.9. The molecule has 1 N–H and O–H groups in total. The number of carbonyl (C=O) groups is 2. The van der Waals surface area contributed by atoms with Gasteiger partial charge in [0.15, 0.2) is 11.5 Å². The van der Waals surface area contributed by atoms with Gasteiger partial charge in [0.1, 0.15) is 0 Å². The van der Waals surface area contributed by atoms with Crippen LogP contribution in [-0.4, -0.2) is 42.3 Å². The van der Waals surface area contributed by atoms with Crippen LogP contribution in [0.25, 0.3) is 0 Å². The molecule has 1 aliphatic heterocycles. The van der Waals surface area contributed by atoms with Gasteiger partial charge < -0.3 is 14.9 Å². The molecule has 0 aliphatic carbocycles. The van der Waals surface area contributed by atoms with Crippen molar-refractivity contribution in [2.75, 3.05) is 25.5 Å². The van der Waals surface area contributed by atoms with Crippen molar-refractivity contribution in [1.82, 2.24) is 4.90 Å². The van der Waals surface area contributed by atoms with Crippen LogP contribution in [0.3, 0.4) is 0 Å². The van der Waals surface area contributed by atoms with Crippen molar-refractivity contribution in [3.63, 3.8) is 0 Å². The lowest BCUT2D eigenvalue weighted by Gasteiger charge is -2.27. The van der Waals surface area contributed by atoms with Crippen LogP contribution in [0.5, 0.6) is 0 Å². The molecule has 0 saturated heterocycles. The highest BCUT2D eigenvalue weighted by atomic mass is 35.5. The average Bonchev–Trinajstić information content (AvgIpc) is 2.97. The smallest absolute Gasteiger partial charge is 0.290 e. The summed E-state index contributed by atoms with van der Waals surface area (Å²) < 4.78 is 0. The second-order valence-corrected chi connectivity index (χ2v) is 8.98. The molecule has 0 saturated carbocycles. The SMILES string of the molecule is CC(C)CC(=O)C1=C(O)C(=O)N(CCc2ccc(Cl)cc2)C1c1ccc(N(C)C)cc1. The van der Waals surface area contributed by atoms with Crippen LogP contribution in [0.2, 0.25) is 5.02 Å². The lowest BCUT2D eigenvalue weighted by molar-refractivity contribution is -0.129. The zero-order chi connectivity index (χ0) is 22.7. The summed E-state index contributed by atoms with van der Waals surface area (Å²) in [5.41, 5.74) is 3.06. The normalized spacial score (nSPS) is 16.4. The van der Waals surface area contributed by atoms with Gasteiger partial charge in [-0.2, -0.15) is 0 Å². The third-order valence-electron chi connectivity index (χ3n) is 5.48. The number of anilines is 1. The predicted octanol–water partition coefficient (Wildman–Crippen LogP) is 4.96. The first-order valence-corrected chi connectivity index (χ1v) is 10.9. The van der Waals surface area contributed by atoms with E-state index in [0.717, 1.165) is 16.8 Å². The Labute approximate surface area is 188 Å². The van der Waals surface area contributed by atoms with Gasteiger partial charge in [-0.25, -0.2) is 0 Å². The van der Waals surface area contributed by atoms with E-state index in [4.69, 9.17) is 11.6 Å². The molecule has 0 bridgehead atoms. The van der Waals surface area contributed by atoms with E-state index in [-0.39, 0.29) is 23.7 Å². The molecule has 0 spiro atoms. The number of nitrogens with zero attached hydrogens (tertiary/aromatic N) is 2. The molecule has 0 fully saturated rings. The Hall–Kier alpha value is -2.79. The number of hydrogen-bond donors (Lipinski definition) is 1. The Morgan fingerprint density at radius 2 is 1.71 bits per heavy atom. The quantitative estimate of drug-likeness (QED) is 0.630. The van der Waals surface area contributed by atoms with Crippen molar-refractivity contribution in [3.8, 4) is 0 Å². The largest absolute Gasteiger partial charge is 0.503 e. The molecule has 1 atom stereocenters. The van der Waals surface area contributed by atoms with Gasteiger partial charge in [-0.15, -0.1) is 0 Å². The highest BCUT2D eigenvalue weighted by Crippen LogP contribution is 2.39. The number of ketones is 1. The van der Waals surface area contributed by atoms with Gasteiger partial charge in [-0.3, -0.25) is 9.59 Å². The summed E-state index contributed by atoms with van der Waals surface area (Å²) in [6.07, 6.45) is 0.873. The third-order valence-corrected chi connectivity index (χ3v) is 5.73. The van der Waals surface area contributed by atoms with Gasteiger partial charge >= 0.3 is 0 Å². The molecule has 1 aliphatic rings. The van der Waals surface area contributed by atoms with E-state index in [2.05, 4.69) is 0 Å². The minimum Gasteiger partial charge on any atom is -0.503 e. The molecule has 1 heterocycles. The van der Waals surface area contributed by atoms with Crippen molar-refractivity contribution in [2.24, 2.45) is 5.92 Å². The van der Waals surface area contributed by atoms with Gasteiger partial charge in [0.05, 0.1) is 11.6 Å². The zero-order valence-corrected chi connectivity index (χ0v) is 19.2. The Balaban J connectivity index is 1.95. The first-order chi connectivity index (χ1) is 14.7. The van der Waals surface area contributed by atoms with Crippen LogP contribution in [0, 0.1) is 5.92 Å². The molecule has 2 aromatic rings. The van der Waals surface area contributed by atoms with Crippen molar-refractivity contribution < 1.29 is 14.7 Å². The standard InChI is InChI=1S/C25H29ClN2O3/c1-16(2)15-21(29)22-23(18-7-11-20(12-8-18)27(3)4)28(25(31)24(22)30)14-13-17-5-9-19(26)10-6-17/h5-12,16,23,30H,13-15H2,1-4H3. The summed E-state index contributed by atoms with van der Waals surface area (Å²) >= 11 is 5.97. The lowest BCUT2D eigenvalue weighted by atomic mass is 9.92. The molecular formula is C25H29ClN2O3. The molecule has 1 amide bonds. The molecule has 1 unspecified atom stereocenters. The highest BCUT2D eigenvalue weighted by molar-refractivity contribution is 6.30. The monoisotopic (exact) mass is 440 g/mol. The number of aliphatic hydroxyl groups excluding tert-OH is 1. The van der Waals surface area contributed by atoms with Crippen LogP contribution < -0.4 is 4.90 Å². The van der Waals surface area contributed by atoms with Gasteiger partial charge in [0.25, 0.3) is 5.91 Å². The fourth-order valence-electron chi connectivity index (χ4n) is 3.85. The maximum absolute atomic E-state index is 13.0. The molecular weight excluding hydrogens is 412 g/mol. The van der Waals surface area contributed by atoms with E-state index >= 15 is 0 Å². The number of halogens is 1. The Morgan fingerprint density at radius 3 is 2.26 bits per heavy atom. The third kappa shape index (κ3) is 5.10. The summed E-state index contributed by atoms with van der Waals surface area (Å²) in [5.74, 6) is -0.981. The first-order valence-electron chi connectivity index (χ1n) is 10.5. The van der Waals surface area contributed by atoms with Crippen LogP contribution in [0.4, 0.5) is 5.69 Å². The summed E-state index contributed by atoms with van der Waals surface area (Å²) in [6, 6.07) is 14.6. The molecule has 0 aromatic heterocycles. The van der Waals surface area contributed by atoms with E-state index in [0.29, 0.717) is 18.0 Å². The van der Waals surface area contributed by atoms with E-state index in [9.17, 15) is 14.7 Å². The maximum Gasteiger partial charge on any atom is 0.290 e. The number of amides is 1. The van der Waals surface area contributed by atoms with E-state index in [1.165, 1.54) is 0 Å². The van der Waals surface area contributed by atoms with Gasteiger partial charge in [0, 0.05) is 37.8 Å². The summed E-state index contributed by atoms with van der Waals surface area (Å²) in [6.45, 7) is 4.28. The number of rotatable bonds is 8. The Kier molecular flexibility index (Phi) is 7.06. The molecule has 6 heteroatoms. The molecule has 3 rings (SSSR count). The van der Waals surface area contributed by atoms with Crippen molar-refractivity contribution in [1.29, 1.82) is 0 Å². The zero-order valence-electron chi connectivity index (χ0n) is 18.4. The minimum absolute atomic E-state index is 0.128. The topological polar surface area (TPSA) is 60.9 Å². The van der Waals surface area contributed by atoms with Crippen LogP contribution in [0.1, 0.15) is 37.4 Å². The second kappa shape index (κ2) is 9.56. The fourth-order valence-corrected chi connectivity index (χ4v) is 3.98. The van der Waals surface area contributed by atoms with Crippen molar-refractivity contribution in [3.05, 3.63) is 76.0 Å². The van der Waals surface area contributed by atoms with E-state index in [1.54, 1.807) is 4.90 Å². The molecule has 31 heavy (non-hydrogen) atoms. The minimum atomic E-state index is -0.595. The maximum atomic E-state index is 13.0. The fraction of sp³-hybridized carbons (Fsp3) is 0.360. The molecule has 5 nitrogen and oxygen atoms in total.